The van der Waals surface area contributed by atoms with Gasteiger partial charge in [-0.25, -0.2) is 0 Å². The molecule has 2 N–H and O–H groups in total. The van der Waals surface area contributed by atoms with Crippen molar-refractivity contribution in [3.63, 3.8) is 0 Å². The van der Waals surface area contributed by atoms with Gasteiger partial charge >= 0.3 is 5.97 Å². The molecule has 3 heteroatoms. The molecule has 1 atom stereocenters. The summed E-state index contributed by atoms with van der Waals surface area (Å²) in [6.45, 7) is 11.6. The molecule has 1 saturated carbocycles. The van der Waals surface area contributed by atoms with Crippen LogP contribution in [0.15, 0.2) is 36.4 Å². The highest BCUT2D eigenvalue weighted by Crippen LogP contribution is 2.44. The fourth-order valence-electron chi connectivity index (χ4n) is 4.91. The van der Waals surface area contributed by atoms with Crippen molar-refractivity contribution in [1.82, 2.24) is 5.32 Å². The molecule has 1 unspecified atom stereocenters. The van der Waals surface area contributed by atoms with E-state index in [2.05, 4.69) is 50.1 Å². The Morgan fingerprint density at radius 1 is 1.09 bits per heavy atom. The number of aliphatic carboxylic acids is 1. The van der Waals surface area contributed by atoms with E-state index in [1.54, 1.807) is 13.8 Å². The molecule has 3 nitrogen and oxygen atoms in total. The predicted molar refractivity (Wildman–Crippen MR) is 135 cm³/mol. The second-order valence-electron chi connectivity index (χ2n) is 11.0. The van der Waals surface area contributed by atoms with Crippen molar-refractivity contribution in [1.29, 1.82) is 0 Å². The Morgan fingerprint density at radius 2 is 1.76 bits per heavy atom. The number of carbonyl (C=O) groups is 1. The first-order chi connectivity index (χ1) is 15.6. The summed E-state index contributed by atoms with van der Waals surface area (Å²) in [6.07, 6.45) is 6.14. The van der Waals surface area contributed by atoms with Crippen molar-refractivity contribution in [2.45, 2.75) is 83.6 Å². The maximum atomic E-state index is 11.5. The molecule has 2 aromatic rings. The standard InChI is InChI=1S/C30H37NO2/c1-6-23-17-22(10-7-20-11-13-24(14-12-20)30(4,5)28(32)33)18-25-27(23)26(15-16-29(25,2)3)31-19-21-8-9-21/h11-14,17-18,21,26,31H,6,8-9,15-16,19H2,1-5H3,(H,32,33). The molecule has 174 valence electrons. The van der Waals surface area contributed by atoms with Gasteiger partial charge in [0.05, 0.1) is 5.41 Å². The number of fused-ring (bicyclic) bond motifs is 1. The predicted octanol–water partition coefficient (Wildman–Crippen LogP) is 6.12. The number of benzene rings is 2. The number of nitrogens with one attached hydrogen (secondary N) is 1. The van der Waals surface area contributed by atoms with Crippen LogP contribution in [0, 0.1) is 17.8 Å². The second-order valence-corrected chi connectivity index (χ2v) is 11.0. The Morgan fingerprint density at radius 3 is 2.36 bits per heavy atom. The van der Waals surface area contributed by atoms with Gasteiger partial charge in [-0.2, -0.15) is 0 Å². The maximum Gasteiger partial charge on any atom is 0.313 e. The van der Waals surface area contributed by atoms with Crippen LogP contribution in [0.4, 0.5) is 0 Å². The first-order valence-corrected chi connectivity index (χ1v) is 12.4. The molecule has 2 aliphatic rings. The van der Waals surface area contributed by atoms with E-state index in [1.165, 1.54) is 42.4 Å². The summed E-state index contributed by atoms with van der Waals surface area (Å²) >= 11 is 0. The van der Waals surface area contributed by atoms with Crippen LogP contribution in [0.1, 0.15) is 99.7 Å². The minimum Gasteiger partial charge on any atom is -0.481 e. The summed E-state index contributed by atoms with van der Waals surface area (Å²) < 4.78 is 0. The SMILES string of the molecule is CCc1cc(C#Cc2ccc(C(C)(C)C(=O)O)cc2)cc2c1C(NCC1CC1)CCC2(C)C. The third-order valence-corrected chi connectivity index (χ3v) is 7.62. The fraction of sp³-hybridized carbons (Fsp3) is 0.500. The van der Waals surface area contributed by atoms with Crippen LogP contribution < -0.4 is 5.32 Å². The van der Waals surface area contributed by atoms with E-state index in [1.807, 2.05) is 24.3 Å². The zero-order valence-electron chi connectivity index (χ0n) is 20.7. The summed E-state index contributed by atoms with van der Waals surface area (Å²) in [7, 11) is 0. The fourth-order valence-corrected chi connectivity index (χ4v) is 4.91. The van der Waals surface area contributed by atoms with Crippen molar-refractivity contribution in [3.8, 4) is 11.8 Å². The Labute approximate surface area is 199 Å². The Hall–Kier alpha value is -2.57. The van der Waals surface area contributed by atoms with Gasteiger partial charge < -0.3 is 10.4 Å². The average Bonchev–Trinajstić information content (AvgIpc) is 3.61. The average molecular weight is 444 g/mol. The minimum absolute atomic E-state index is 0.152. The summed E-state index contributed by atoms with van der Waals surface area (Å²) in [5, 5.41) is 13.3. The van der Waals surface area contributed by atoms with E-state index in [0.29, 0.717) is 6.04 Å². The molecular weight excluding hydrogens is 406 g/mol. The van der Waals surface area contributed by atoms with Gasteiger partial charge in [-0.15, -0.1) is 0 Å². The number of hydrogen-bond acceptors (Lipinski definition) is 2. The second kappa shape index (κ2) is 8.99. The van der Waals surface area contributed by atoms with E-state index < -0.39 is 11.4 Å². The lowest BCUT2D eigenvalue weighted by Crippen LogP contribution is -2.34. The molecule has 2 aliphatic carbocycles. The van der Waals surface area contributed by atoms with E-state index in [-0.39, 0.29) is 5.41 Å². The van der Waals surface area contributed by atoms with Gasteiger partial charge in [0.1, 0.15) is 0 Å². The van der Waals surface area contributed by atoms with Gasteiger partial charge in [0, 0.05) is 17.2 Å². The Balaban J connectivity index is 1.64. The molecule has 2 aromatic carbocycles. The maximum absolute atomic E-state index is 11.5. The van der Waals surface area contributed by atoms with E-state index in [0.717, 1.165) is 35.6 Å². The first-order valence-electron chi connectivity index (χ1n) is 12.4. The number of aryl methyl sites for hydroxylation is 1. The highest BCUT2D eigenvalue weighted by Gasteiger charge is 2.35. The zero-order chi connectivity index (χ0) is 23.8. The van der Waals surface area contributed by atoms with Crippen LogP contribution in [0.3, 0.4) is 0 Å². The summed E-state index contributed by atoms with van der Waals surface area (Å²) in [5.74, 6) is 6.75. The van der Waals surface area contributed by atoms with E-state index in [9.17, 15) is 9.90 Å². The van der Waals surface area contributed by atoms with Gasteiger partial charge in [0.25, 0.3) is 0 Å². The molecule has 0 heterocycles. The molecule has 0 saturated heterocycles. The largest absolute Gasteiger partial charge is 0.481 e. The lowest BCUT2D eigenvalue weighted by molar-refractivity contribution is -0.142. The topological polar surface area (TPSA) is 49.3 Å². The van der Waals surface area contributed by atoms with Gasteiger partial charge in [0.15, 0.2) is 0 Å². The third-order valence-electron chi connectivity index (χ3n) is 7.62. The van der Waals surface area contributed by atoms with Gasteiger partial charge in [0.2, 0.25) is 0 Å². The van der Waals surface area contributed by atoms with Gasteiger partial charge in [-0.1, -0.05) is 44.7 Å². The molecule has 4 rings (SSSR count). The van der Waals surface area contributed by atoms with Crippen molar-refractivity contribution in [2.75, 3.05) is 6.54 Å². The Kier molecular flexibility index (Phi) is 6.43. The first kappa shape index (κ1) is 23.6. The minimum atomic E-state index is -0.907. The van der Waals surface area contributed by atoms with Crippen molar-refractivity contribution in [3.05, 3.63) is 69.8 Å². The van der Waals surface area contributed by atoms with Gasteiger partial charge in [-0.05, 0) is 110 Å². The van der Waals surface area contributed by atoms with Crippen LogP contribution >= 0.6 is 0 Å². The molecule has 0 aromatic heterocycles. The van der Waals surface area contributed by atoms with Crippen molar-refractivity contribution < 1.29 is 9.90 Å². The van der Waals surface area contributed by atoms with Crippen LogP contribution in [-0.4, -0.2) is 17.6 Å². The van der Waals surface area contributed by atoms with Crippen LogP contribution in [0.2, 0.25) is 0 Å². The molecule has 0 bridgehead atoms. The van der Waals surface area contributed by atoms with E-state index in [4.69, 9.17) is 0 Å². The number of hydrogen-bond donors (Lipinski definition) is 2. The molecular formula is C30H37NO2. The smallest absolute Gasteiger partial charge is 0.313 e. The molecule has 33 heavy (non-hydrogen) atoms. The molecule has 0 aliphatic heterocycles. The normalized spacial score (nSPS) is 19.4. The summed E-state index contributed by atoms with van der Waals surface area (Å²) in [4.78, 5) is 11.5. The van der Waals surface area contributed by atoms with Gasteiger partial charge in [-0.3, -0.25) is 4.79 Å². The molecule has 1 fully saturated rings. The molecule has 0 spiro atoms. The third kappa shape index (κ3) is 5.02. The zero-order valence-corrected chi connectivity index (χ0v) is 20.7. The lowest BCUT2D eigenvalue weighted by atomic mass is 9.69. The Bertz CT molecular complexity index is 1090. The van der Waals surface area contributed by atoms with Crippen LogP contribution in [0.5, 0.6) is 0 Å². The summed E-state index contributed by atoms with van der Waals surface area (Å²) in [6, 6.07) is 12.6. The number of rotatable bonds is 6. The molecule has 0 radical (unpaired) electrons. The summed E-state index contributed by atoms with van der Waals surface area (Å²) in [5.41, 5.74) is 6.37. The van der Waals surface area contributed by atoms with Crippen molar-refractivity contribution in [2.24, 2.45) is 5.92 Å². The number of carboxylic acid groups (broad SMARTS) is 1. The quantitative estimate of drug-likeness (QED) is 0.529. The van der Waals surface area contributed by atoms with Crippen LogP contribution in [0.25, 0.3) is 0 Å². The monoisotopic (exact) mass is 443 g/mol. The highest BCUT2D eigenvalue weighted by molar-refractivity contribution is 5.80. The highest BCUT2D eigenvalue weighted by atomic mass is 16.4. The van der Waals surface area contributed by atoms with Crippen LogP contribution in [-0.2, 0) is 22.0 Å². The number of carboxylic acids is 1. The molecule has 0 amide bonds. The lowest BCUT2D eigenvalue weighted by Gasteiger charge is -2.39. The van der Waals surface area contributed by atoms with E-state index >= 15 is 0 Å². The van der Waals surface area contributed by atoms with Crippen molar-refractivity contribution >= 4 is 5.97 Å².